The second-order valence-electron chi connectivity index (χ2n) is 32.7. The van der Waals surface area contributed by atoms with Gasteiger partial charge in [-0.05, 0) is 145 Å². The highest BCUT2D eigenvalue weighted by Crippen LogP contribution is 2.39. The van der Waals surface area contributed by atoms with Crippen LogP contribution in [0.5, 0.6) is 0 Å². The first-order valence-electron chi connectivity index (χ1n) is 43.1. The number of rotatable bonds is 38. The highest BCUT2D eigenvalue weighted by Gasteiger charge is 2.53. The fourth-order valence-electron chi connectivity index (χ4n) is 16.1. The molecular formula is C87H133N13O21. The van der Waals surface area contributed by atoms with E-state index in [0.29, 0.717) is 210 Å². The molecular weight excluding hydrogens is 1560 g/mol. The fraction of sp³-hybridized carbons (Fsp3) is 0.690. The minimum atomic E-state index is -2.39. The average Bonchev–Trinajstić information content (AvgIpc) is 1.70. The number of carbonyl (C=O) groups excluding carboxylic acids is 5. The number of benzene rings is 1. The van der Waals surface area contributed by atoms with Crippen LogP contribution in [0.15, 0.2) is 82.7 Å². The maximum atomic E-state index is 14.7. The molecule has 2 saturated heterocycles. The highest BCUT2D eigenvalue weighted by molar-refractivity contribution is 5.99. The first kappa shape index (κ1) is 97.1. The normalized spacial score (nSPS) is 27.3. The number of piperidine rings is 1. The van der Waals surface area contributed by atoms with Crippen LogP contribution in [0.3, 0.4) is 0 Å². The van der Waals surface area contributed by atoms with Crippen LogP contribution in [-0.2, 0) is 95.6 Å². The molecule has 34 nitrogen and oxygen atoms in total. The van der Waals surface area contributed by atoms with E-state index in [2.05, 4.69) is 25.3 Å². The number of unbranched alkanes of at least 4 members (excludes halogenated alkanes) is 2. The third-order valence-corrected chi connectivity index (χ3v) is 23.4. The number of ether oxygens (including phenoxy) is 11. The number of allylic oxidation sites excluding steroid dienone is 6. The van der Waals surface area contributed by atoms with Crippen LogP contribution < -0.4 is 17.2 Å². The van der Waals surface area contributed by atoms with Crippen LogP contribution >= 0.6 is 0 Å². The Hall–Kier alpha value is -7.75. The minimum Gasteiger partial charge on any atom is -0.459 e. The Balaban J connectivity index is 0.616. The van der Waals surface area contributed by atoms with Crippen molar-refractivity contribution in [3.05, 3.63) is 84.0 Å². The number of cyclic esters (lactones) is 1. The number of aryl methyl sites for hydroxylation is 2. The van der Waals surface area contributed by atoms with E-state index >= 15 is 0 Å². The van der Waals surface area contributed by atoms with Gasteiger partial charge in [0.15, 0.2) is 23.2 Å². The molecule has 121 heavy (non-hydrogen) atoms. The molecule has 4 aliphatic rings. The standard InChI is InChI=1S/C87H133N13O21/c1-56-19-11-10-12-20-57(2)72(110-8)52-65-26-23-61(6)87(109,121-65)81(106)84(107)99-31-15-13-22-68(99)85(108)119-73(53-69(101)58(3)48-60(5)79(104)80(105)78(103)59(4)47-56)66(88)49-62-24-27-71(74(50-62)111-9)118-34-18-14-21-64-54-98(96-94-64)33-36-113-38-40-115-42-44-117-46-45-116-43-41-114-39-37-112-35-29-75(102)97(7)30-16-17-32-100-83-76(82(89)91-55-92-83)77(95-100)63-25-28-70-67(51-63)93-86(90)120-70/h10-12,19-20,25,28,48,51,54-56,58-59,61-62,65-66,68,71-74,79-80,84,104-105,107,109H,13-18,21-24,26-27,29-47,49-50,52-53,88H2,1-9H3,(H2,90,93)(H2,89,91,92)/b12-10?,19-11+,57-20?,60-48+/t56-,58-,59-,61-,62+,65+,66-,68+,71-,72+,73+,74-,79-,80+,84?,87-/m1/s1. The number of hydrogen-bond donors (Lipinski definition) is 7. The van der Waals surface area contributed by atoms with Crippen molar-refractivity contribution in [2.75, 3.05) is 132 Å². The molecule has 34 heteroatoms. The topological polar surface area (TPSA) is 453 Å². The summed E-state index contributed by atoms with van der Waals surface area (Å²) in [6.07, 6.45) is 15.3. The number of aromatic nitrogens is 8. The van der Waals surface area contributed by atoms with E-state index < -0.39 is 89.9 Å². The van der Waals surface area contributed by atoms with Crippen LogP contribution in [0.2, 0.25) is 0 Å². The molecule has 1 unspecified atom stereocenters. The van der Waals surface area contributed by atoms with Crippen LogP contribution in [0.4, 0.5) is 11.8 Å². The lowest BCUT2D eigenvalue weighted by Gasteiger charge is -2.45. The number of aliphatic hydroxyl groups is 4. The van der Waals surface area contributed by atoms with Gasteiger partial charge in [0.1, 0.15) is 53.5 Å². The number of amides is 1. The summed E-state index contributed by atoms with van der Waals surface area (Å²) in [6.45, 7) is 17.5. The van der Waals surface area contributed by atoms with E-state index in [9.17, 15) is 44.4 Å². The molecule has 1 saturated carbocycles. The Bertz CT molecular complexity index is 4170. The second kappa shape index (κ2) is 49.7. The summed E-state index contributed by atoms with van der Waals surface area (Å²) in [5.41, 5.74) is 24.3. The SMILES string of the molecule is CO[C@H]1C[C@@H]2CC[C@@H](C)[C@@](O)(O2)C(=O)C(O)N2CCCC[C@H]2C(=O)O[C@H]([C@H](N)C[C@@H]2CC[C@@H](OCCCCc3cn(CCOCCOCCOCCOCCOCCOCCC(=O)N(C)CCCCn4nc(-c5ccc6oc(N)nc6c5)c5c(N)ncnc54)nn3)[C@H](OC)C2)CC(=O)[C@H](C)/C=C(\C)[C@@H](O)[C@@H](O)C(=O)[C@H](C)C[C@H](C)/C=C/C=CC=C1C. The Morgan fingerprint density at radius 3 is 2.17 bits per heavy atom. The molecule has 7 heterocycles. The van der Waals surface area contributed by atoms with Gasteiger partial charge in [-0.1, -0.05) is 75.8 Å². The van der Waals surface area contributed by atoms with Crippen molar-refractivity contribution in [3.63, 3.8) is 0 Å². The Kier molecular flexibility index (Phi) is 39.8. The molecule has 4 aromatic heterocycles. The van der Waals surface area contributed by atoms with Crippen molar-refractivity contribution in [1.82, 2.24) is 49.5 Å². The third-order valence-electron chi connectivity index (χ3n) is 23.4. The maximum absolute atomic E-state index is 14.7. The molecule has 0 spiro atoms. The number of oxazole rings is 1. The van der Waals surface area contributed by atoms with Gasteiger partial charge in [0.2, 0.25) is 17.5 Å². The molecule has 9 rings (SSSR count). The predicted molar refractivity (Wildman–Crippen MR) is 450 cm³/mol. The Labute approximate surface area is 709 Å². The number of ketones is 3. The Morgan fingerprint density at radius 2 is 1.46 bits per heavy atom. The van der Waals surface area contributed by atoms with E-state index in [4.69, 9.17) is 78.8 Å². The summed E-state index contributed by atoms with van der Waals surface area (Å²) in [5.74, 6) is -7.02. The zero-order valence-corrected chi connectivity index (χ0v) is 72.2. The summed E-state index contributed by atoms with van der Waals surface area (Å²) < 4.78 is 73.9. The largest absolute Gasteiger partial charge is 0.459 e. The molecule has 5 aromatic rings. The third kappa shape index (κ3) is 29.2. The number of fused-ring (bicyclic) bond motifs is 5. The number of nitrogens with zero attached hydrogens (tertiary/aromatic N) is 10. The van der Waals surface area contributed by atoms with Gasteiger partial charge < -0.3 is 99.0 Å². The van der Waals surface area contributed by atoms with Gasteiger partial charge in [-0.3, -0.25) is 28.9 Å². The number of carbonyl (C=O) groups is 5. The molecule has 3 aliphatic heterocycles. The van der Waals surface area contributed by atoms with Gasteiger partial charge in [-0.25, -0.2) is 19.3 Å². The molecule has 3 fully saturated rings. The number of nitrogen functional groups attached to an aromatic ring is 2. The van der Waals surface area contributed by atoms with E-state index in [1.165, 1.54) is 17.3 Å². The summed E-state index contributed by atoms with van der Waals surface area (Å²) in [4.78, 5) is 86.0. The van der Waals surface area contributed by atoms with Crippen molar-refractivity contribution in [3.8, 4) is 11.3 Å². The van der Waals surface area contributed by atoms with Crippen molar-refractivity contribution < 1.29 is 101 Å². The van der Waals surface area contributed by atoms with E-state index in [1.54, 1.807) is 64.6 Å². The van der Waals surface area contributed by atoms with Crippen LogP contribution in [0.25, 0.3) is 33.4 Å². The molecule has 1 aliphatic carbocycles. The van der Waals surface area contributed by atoms with Gasteiger partial charge in [0.25, 0.3) is 6.01 Å². The first-order valence-corrected chi connectivity index (χ1v) is 43.1. The van der Waals surface area contributed by atoms with Gasteiger partial charge in [-0.15, -0.1) is 5.10 Å². The van der Waals surface area contributed by atoms with Crippen LogP contribution in [-0.4, -0.2) is 286 Å². The highest BCUT2D eigenvalue weighted by atomic mass is 16.6. The molecule has 2 bridgehead atoms. The van der Waals surface area contributed by atoms with Crippen molar-refractivity contribution in [2.45, 2.75) is 237 Å². The molecule has 10 N–H and O–H groups in total. The molecule has 1 aromatic carbocycles. The smallest absolute Gasteiger partial charge is 0.323 e. The number of anilines is 2. The lowest BCUT2D eigenvalue weighted by molar-refractivity contribution is -0.275. The predicted octanol–water partition coefficient (Wildman–Crippen LogP) is 7.19. The summed E-state index contributed by atoms with van der Waals surface area (Å²) in [6, 6.07) is 3.58. The van der Waals surface area contributed by atoms with Crippen molar-refractivity contribution in [2.24, 2.45) is 35.3 Å². The van der Waals surface area contributed by atoms with Gasteiger partial charge in [0, 0.05) is 95.9 Å². The van der Waals surface area contributed by atoms with Crippen LogP contribution in [0, 0.1) is 29.6 Å². The van der Waals surface area contributed by atoms with Crippen molar-refractivity contribution >= 4 is 63.2 Å². The van der Waals surface area contributed by atoms with E-state index in [1.807, 2.05) is 67.2 Å². The van der Waals surface area contributed by atoms with Gasteiger partial charge in [0.05, 0.1) is 128 Å². The fourth-order valence-corrected chi connectivity index (χ4v) is 16.1. The Morgan fingerprint density at radius 1 is 0.752 bits per heavy atom. The number of Topliss-reactive ketones (excluding diaryl/α,β-unsaturated/α-hetero) is 3. The van der Waals surface area contributed by atoms with Crippen LogP contribution in [0.1, 0.15) is 156 Å². The lowest BCUT2D eigenvalue weighted by Crippen LogP contribution is -2.62. The first-order chi connectivity index (χ1) is 58.3. The minimum absolute atomic E-state index is 0.00459. The molecule has 0 radical (unpaired) electrons. The molecule has 672 valence electrons. The van der Waals surface area contributed by atoms with Gasteiger partial charge >= 0.3 is 5.97 Å². The monoisotopic (exact) mass is 1700 g/mol. The number of aliphatic hydroxyl groups excluding tert-OH is 3. The molecule has 1 amide bonds. The summed E-state index contributed by atoms with van der Waals surface area (Å²) in [7, 11) is 5.01. The zero-order valence-electron chi connectivity index (χ0n) is 72.2. The second-order valence-corrected chi connectivity index (χ2v) is 32.7. The number of nitrogens with two attached hydrogens (primary N) is 3. The van der Waals surface area contributed by atoms with Gasteiger partial charge in [-0.2, -0.15) is 10.1 Å². The molecule has 16 atom stereocenters. The van der Waals surface area contributed by atoms with E-state index in [-0.39, 0.29) is 73.1 Å². The quantitative estimate of drug-likeness (QED) is 0.0117. The van der Waals surface area contributed by atoms with Crippen molar-refractivity contribution in [1.29, 1.82) is 0 Å². The van der Waals surface area contributed by atoms with E-state index in [0.717, 1.165) is 42.5 Å². The number of methoxy groups -OCH3 is 2. The number of hydrogen-bond acceptors (Lipinski definition) is 31. The lowest BCUT2D eigenvalue weighted by atomic mass is 9.80. The number of esters is 1. The summed E-state index contributed by atoms with van der Waals surface area (Å²) >= 11 is 0. The maximum Gasteiger partial charge on any atom is 0.323 e. The average molecular weight is 1700 g/mol. The zero-order chi connectivity index (χ0) is 87.0. The summed E-state index contributed by atoms with van der Waals surface area (Å²) in [5, 5.41) is 60.8.